The maximum Gasteiger partial charge on any atom is 0.142 e. The number of aromatic nitrogens is 1. The number of hydrogen-bond acceptors (Lipinski definition) is 2. The Kier molecular flexibility index (Phi) is 2.56. The first-order chi connectivity index (χ1) is 7.61. The summed E-state index contributed by atoms with van der Waals surface area (Å²) in [6.07, 6.45) is 1.37. The van der Waals surface area contributed by atoms with Crippen molar-refractivity contribution in [1.82, 2.24) is 4.98 Å². The van der Waals surface area contributed by atoms with E-state index < -0.39 is 11.6 Å². The molecule has 1 N–H and O–H groups in total. The van der Waals surface area contributed by atoms with Crippen molar-refractivity contribution in [3.05, 3.63) is 47.7 Å². The van der Waals surface area contributed by atoms with Gasteiger partial charge in [-0.1, -0.05) is 6.07 Å². The smallest absolute Gasteiger partial charge is 0.142 e. The highest BCUT2D eigenvalue weighted by molar-refractivity contribution is 5.67. The van der Waals surface area contributed by atoms with Gasteiger partial charge in [0.1, 0.15) is 23.1 Å². The summed E-state index contributed by atoms with van der Waals surface area (Å²) in [5.74, 6) is -1.68. The highest BCUT2D eigenvalue weighted by Crippen LogP contribution is 2.31. The fourth-order valence-corrected chi connectivity index (χ4v) is 1.46. The van der Waals surface area contributed by atoms with Gasteiger partial charge in [0.2, 0.25) is 0 Å². The number of hydrogen-bond donors (Lipinski definition) is 1. The Labute approximate surface area is 91.2 Å². The van der Waals surface area contributed by atoms with E-state index in [1.54, 1.807) is 0 Å². The summed E-state index contributed by atoms with van der Waals surface area (Å²) >= 11 is 0. The summed E-state index contributed by atoms with van der Waals surface area (Å²) in [4.78, 5) is 3.78. The number of pyridine rings is 1. The molecule has 4 heteroatoms. The van der Waals surface area contributed by atoms with Gasteiger partial charge >= 0.3 is 0 Å². The van der Waals surface area contributed by atoms with Gasteiger partial charge in [0, 0.05) is 6.20 Å². The van der Waals surface area contributed by atoms with E-state index in [2.05, 4.69) is 4.98 Å². The van der Waals surface area contributed by atoms with Gasteiger partial charge in [0.15, 0.2) is 0 Å². The summed E-state index contributed by atoms with van der Waals surface area (Å²) in [6, 6.07) is 5.32. The molecule has 2 nitrogen and oxygen atoms in total. The van der Waals surface area contributed by atoms with Crippen LogP contribution in [0.3, 0.4) is 0 Å². The minimum atomic E-state index is -0.739. The van der Waals surface area contributed by atoms with Crippen LogP contribution < -0.4 is 0 Å². The standard InChI is InChI=1S/C12H9F2NO/c1-7-4-5-8(13)10(11(7)14)12-9(16)3-2-6-15-12/h2-6,16H,1H3. The van der Waals surface area contributed by atoms with Crippen molar-refractivity contribution in [3.8, 4) is 17.0 Å². The molecule has 2 aromatic rings. The molecule has 1 aromatic heterocycles. The number of benzene rings is 1. The second-order valence-electron chi connectivity index (χ2n) is 3.42. The molecule has 16 heavy (non-hydrogen) atoms. The van der Waals surface area contributed by atoms with Crippen LogP contribution >= 0.6 is 0 Å². The zero-order valence-corrected chi connectivity index (χ0v) is 8.54. The summed E-state index contributed by atoms with van der Waals surface area (Å²) < 4.78 is 27.2. The van der Waals surface area contributed by atoms with Crippen LogP contribution in [0.5, 0.6) is 5.75 Å². The van der Waals surface area contributed by atoms with Crippen LogP contribution in [0.2, 0.25) is 0 Å². The Hall–Kier alpha value is -1.97. The maximum absolute atomic E-state index is 13.7. The molecule has 0 aliphatic rings. The highest BCUT2D eigenvalue weighted by atomic mass is 19.1. The maximum atomic E-state index is 13.7. The molecule has 0 spiro atoms. The molecule has 0 aliphatic heterocycles. The lowest BCUT2D eigenvalue weighted by atomic mass is 10.1. The molecule has 0 unspecified atom stereocenters. The molecule has 0 amide bonds. The topological polar surface area (TPSA) is 33.1 Å². The fourth-order valence-electron chi connectivity index (χ4n) is 1.46. The molecule has 0 saturated carbocycles. The molecule has 0 aliphatic carbocycles. The average molecular weight is 221 g/mol. The number of halogens is 2. The lowest BCUT2D eigenvalue weighted by Gasteiger charge is -2.07. The Morgan fingerprint density at radius 1 is 1.19 bits per heavy atom. The van der Waals surface area contributed by atoms with E-state index >= 15 is 0 Å². The Bertz CT molecular complexity index is 541. The predicted octanol–water partition coefficient (Wildman–Crippen LogP) is 3.04. The van der Waals surface area contributed by atoms with Crippen molar-refractivity contribution in [2.75, 3.05) is 0 Å². The van der Waals surface area contributed by atoms with Crippen molar-refractivity contribution in [2.24, 2.45) is 0 Å². The van der Waals surface area contributed by atoms with Crippen LogP contribution in [0.25, 0.3) is 11.3 Å². The third kappa shape index (κ3) is 1.62. The van der Waals surface area contributed by atoms with Crippen LogP contribution in [-0.4, -0.2) is 10.1 Å². The second-order valence-corrected chi connectivity index (χ2v) is 3.42. The Balaban J connectivity index is 2.74. The van der Waals surface area contributed by atoms with Crippen LogP contribution in [-0.2, 0) is 0 Å². The molecule has 2 rings (SSSR count). The van der Waals surface area contributed by atoms with E-state index in [1.165, 1.54) is 31.3 Å². The number of nitrogens with zero attached hydrogens (tertiary/aromatic N) is 1. The van der Waals surface area contributed by atoms with Crippen LogP contribution in [0.15, 0.2) is 30.5 Å². The summed E-state index contributed by atoms with van der Waals surface area (Å²) in [5, 5.41) is 9.51. The summed E-state index contributed by atoms with van der Waals surface area (Å²) in [5.41, 5.74) is -0.0687. The van der Waals surface area contributed by atoms with Gasteiger partial charge in [-0.2, -0.15) is 0 Å². The number of aryl methyl sites for hydroxylation is 1. The number of rotatable bonds is 1. The average Bonchev–Trinajstić information content (AvgIpc) is 2.27. The van der Waals surface area contributed by atoms with Gasteiger partial charge in [-0.05, 0) is 30.7 Å². The van der Waals surface area contributed by atoms with Crippen molar-refractivity contribution < 1.29 is 13.9 Å². The van der Waals surface area contributed by atoms with E-state index in [1.807, 2.05) is 0 Å². The number of aromatic hydroxyl groups is 1. The third-order valence-corrected chi connectivity index (χ3v) is 2.31. The van der Waals surface area contributed by atoms with Gasteiger partial charge in [0.05, 0.1) is 5.56 Å². The van der Waals surface area contributed by atoms with E-state index in [0.29, 0.717) is 5.56 Å². The molecule has 0 saturated heterocycles. The monoisotopic (exact) mass is 221 g/mol. The fraction of sp³-hybridized carbons (Fsp3) is 0.0833. The lowest BCUT2D eigenvalue weighted by Crippen LogP contribution is -1.95. The molecular weight excluding hydrogens is 212 g/mol. The van der Waals surface area contributed by atoms with E-state index in [-0.39, 0.29) is 17.0 Å². The Morgan fingerprint density at radius 2 is 1.94 bits per heavy atom. The molecule has 82 valence electrons. The first-order valence-corrected chi connectivity index (χ1v) is 4.70. The van der Waals surface area contributed by atoms with Gasteiger partial charge in [-0.25, -0.2) is 8.78 Å². The minimum absolute atomic E-state index is 0.0822. The SMILES string of the molecule is Cc1ccc(F)c(-c2ncccc2O)c1F. The van der Waals surface area contributed by atoms with E-state index in [9.17, 15) is 13.9 Å². The Morgan fingerprint density at radius 3 is 2.62 bits per heavy atom. The predicted molar refractivity (Wildman–Crippen MR) is 56.0 cm³/mol. The molecule has 0 bridgehead atoms. The van der Waals surface area contributed by atoms with Gasteiger partial charge in [0.25, 0.3) is 0 Å². The van der Waals surface area contributed by atoms with Crippen LogP contribution in [0.1, 0.15) is 5.56 Å². The molecule has 1 aromatic carbocycles. The first-order valence-electron chi connectivity index (χ1n) is 4.70. The van der Waals surface area contributed by atoms with E-state index in [0.717, 1.165) is 6.07 Å². The van der Waals surface area contributed by atoms with Crippen molar-refractivity contribution in [1.29, 1.82) is 0 Å². The molecular formula is C12H9F2NO. The minimum Gasteiger partial charge on any atom is -0.506 e. The summed E-state index contributed by atoms with van der Waals surface area (Å²) in [6.45, 7) is 1.53. The molecule has 0 atom stereocenters. The zero-order chi connectivity index (χ0) is 11.7. The van der Waals surface area contributed by atoms with Gasteiger partial charge in [-0.15, -0.1) is 0 Å². The quantitative estimate of drug-likeness (QED) is 0.802. The van der Waals surface area contributed by atoms with Crippen molar-refractivity contribution in [3.63, 3.8) is 0 Å². The second kappa shape index (κ2) is 3.89. The highest BCUT2D eigenvalue weighted by Gasteiger charge is 2.17. The van der Waals surface area contributed by atoms with Crippen molar-refractivity contribution >= 4 is 0 Å². The van der Waals surface area contributed by atoms with Crippen LogP contribution in [0, 0.1) is 18.6 Å². The normalized spacial score (nSPS) is 10.4. The largest absolute Gasteiger partial charge is 0.506 e. The van der Waals surface area contributed by atoms with Crippen LogP contribution in [0.4, 0.5) is 8.78 Å². The third-order valence-electron chi connectivity index (χ3n) is 2.31. The van der Waals surface area contributed by atoms with E-state index in [4.69, 9.17) is 0 Å². The van der Waals surface area contributed by atoms with Gasteiger partial charge in [-0.3, -0.25) is 4.98 Å². The molecule has 0 radical (unpaired) electrons. The lowest BCUT2D eigenvalue weighted by molar-refractivity contribution is 0.473. The van der Waals surface area contributed by atoms with Crippen molar-refractivity contribution in [2.45, 2.75) is 6.92 Å². The summed E-state index contributed by atoms with van der Waals surface area (Å²) in [7, 11) is 0. The molecule has 0 fully saturated rings. The first kappa shape index (κ1) is 10.5. The van der Waals surface area contributed by atoms with Gasteiger partial charge < -0.3 is 5.11 Å². The zero-order valence-electron chi connectivity index (χ0n) is 8.54. The molecule has 1 heterocycles.